The molecule has 7 heteroatoms. The summed E-state index contributed by atoms with van der Waals surface area (Å²) >= 11 is 1.07. The van der Waals surface area contributed by atoms with Crippen molar-refractivity contribution in [1.82, 2.24) is 5.32 Å². The fraction of sp³-hybridized carbons (Fsp3) is 0.150. The molecule has 1 aromatic heterocycles. The molecule has 0 aliphatic rings. The first-order valence-corrected chi connectivity index (χ1v) is 9.14. The molecule has 0 atom stereocenters. The van der Waals surface area contributed by atoms with Crippen LogP contribution >= 0.6 is 11.3 Å². The highest BCUT2D eigenvalue weighted by Gasteiger charge is 2.10. The van der Waals surface area contributed by atoms with Gasteiger partial charge in [-0.1, -0.05) is 29.5 Å². The third-order valence-corrected chi connectivity index (χ3v) is 4.84. The van der Waals surface area contributed by atoms with E-state index in [2.05, 4.69) is 5.32 Å². The van der Waals surface area contributed by atoms with Gasteiger partial charge in [0.1, 0.15) is 5.82 Å². The highest BCUT2D eigenvalue weighted by atomic mass is 32.1. The Hall–Kier alpha value is -2.77. The molecule has 27 heavy (non-hydrogen) atoms. The molecule has 1 heterocycles. The number of amides is 1. The van der Waals surface area contributed by atoms with E-state index >= 15 is 0 Å². The Bertz CT molecular complexity index is 926. The summed E-state index contributed by atoms with van der Waals surface area (Å²) in [7, 11) is 0. The van der Waals surface area contributed by atoms with Crippen molar-refractivity contribution >= 4 is 17.2 Å². The van der Waals surface area contributed by atoms with Crippen molar-refractivity contribution in [2.75, 3.05) is 6.54 Å². The van der Waals surface area contributed by atoms with Crippen LogP contribution in [0.25, 0.3) is 0 Å². The Morgan fingerprint density at radius 2 is 1.78 bits per heavy atom. The first-order valence-electron chi connectivity index (χ1n) is 8.32. The third kappa shape index (κ3) is 5.35. The average molecular weight is 388 g/mol. The van der Waals surface area contributed by atoms with Gasteiger partial charge in [-0.3, -0.25) is 4.79 Å². The fourth-order valence-electron chi connectivity index (χ4n) is 2.47. The number of primary amides is 1. The van der Waals surface area contributed by atoms with Crippen molar-refractivity contribution in [2.45, 2.75) is 13.0 Å². The predicted molar refractivity (Wildman–Crippen MR) is 101 cm³/mol. The van der Waals surface area contributed by atoms with E-state index in [1.807, 2.05) is 0 Å². The zero-order valence-electron chi connectivity index (χ0n) is 14.4. The topological polar surface area (TPSA) is 64.4 Å². The summed E-state index contributed by atoms with van der Waals surface area (Å²) in [6, 6.07) is 14.2. The molecule has 0 aliphatic heterocycles. The number of hydrogen-bond donors (Lipinski definition) is 2. The van der Waals surface area contributed by atoms with E-state index in [0.717, 1.165) is 28.9 Å². The van der Waals surface area contributed by atoms with Crippen LogP contribution in [-0.2, 0) is 13.0 Å². The number of halogens is 2. The van der Waals surface area contributed by atoms with Crippen molar-refractivity contribution in [3.05, 3.63) is 82.2 Å². The quantitative estimate of drug-likeness (QED) is 0.567. The summed E-state index contributed by atoms with van der Waals surface area (Å²) in [4.78, 5) is 11.4. The van der Waals surface area contributed by atoms with Gasteiger partial charge in [0.25, 0.3) is 5.91 Å². The van der Waals surface area contributed by atoms with Gasteiger partial charge in [-0.15, -0.1) is 0 Å². The van der Waals surface area contributed by atoms with Gasteiger partial charge in [-0.05, 0) is 60.5 Å². The van der Waals surface area contributed by atoms with Gasteiger partial charge in [-0.25, -0.2) is 8.78 Å². The molecule has 0 saturated heterocycles. The largest absolute Gasteiger partial charge is 0.444 e. The first-order chi connectivity index (χ1) is 13.0. The summed E-state index contributed by atoms with van der Waals surface area (Å²) in [5.74, 6) is -1.19. The highest BCUT2D eigenvalue weighted by molar-refractivity contribution is 7.15. The molecular weight excluding hydrogens is 370 g/mol. The Morgan fingerprint density at radius 1 is 1.04 bits per heavy atom. The number of thiophene rings is 1. The van der Waals surface area contributed by atoms with E-state index in [0.29, 0.717) is 23.0 Å². The molecule has 2 aromatic carbocycles. The molecule has 0 saturated carbocycles. The van der Waals surface area contributed by atoms with E-state index in [-0.39, 0.29) is 11.6 Å². The van der Waals surface area contributed by atoms with Gasteiger partial charge < -0.3 is 15.8 Å². The summed E-state index contributed by atoms with van der Waals surface area (Å²) in [6.45, 7) is 1.19. The summed E-state index contributed by atoms with van der Waals surface area (Å²) in [6.07, 6.45) is 0.754. The SMILES string of the molecule is NC(=O)c1ccc(Oc2ccc(CNCCc3ccc(F)cc3)cc2F)s1. The molecule has 140 valence electrons. The second-order valence-electron chi connectivity index (χ2n) is 5.90. The molecule has 0 fully saturated rings. The van der Waals surface area contributed by atoms with E-state index in [1.165, 1.54) is 18.2 Å². The van der Waals surface area contributed by atoms with Crippen LogP contribution < -0.4 is 15.8 Å². The number of benzene rings is 2. The standard InChI is InChI=1S/C20H18F2N2O2S/c21-15-4-1-13(2-5-15)9-10-24-12-14-3-6-17(16(22)11-14)26-19-8-7-18(27-19)20(23)25/h1-8,11,24H,9-10,12H2,(H2,23,25). The summed E-state index contributed by atoms with van der Waals surface area (Å²) in [5, 5.41) is 3.62. The van der Waals surface area contributed by atoms with Gasteiger partial charge in [0.05, 0.1) is 4.88 Å². The zero-order valence-corrected chi connectivity index (χ0v) is 15.2. The fourth-order valence-corrected chi connectivity index (χ4v) is 3.19. The number of carbonyl (C=O) groups excluding carboxylic acids is 1. The number of nitrogens with two attached hydrogens (primary N) is 1. The van der Waals surface area contributed by atoms with Crippen molar-refractivity contribution in [3.63, 3.8) is 0 Å². The number of hydrogen-bond acceptors (Lipinski definition) is 4. The average Bonchev–Trinajstić information content (AvgIpc) is 3.11. The second kappa shape index (κ2) is 8.75. The van der Waals surface area contributed by atoms with Gasteiger partial charge >= 0.3 is 0 Å². The first kappa shape index (κ1) is 19.0. The molecule has 1 amide bonds. The number of ether oxygens (including phenoxy) is 1. The van der Waals surface area contributed by atoms with E-state index in [9.17, 15) is 13.6 Å². The van der Waals surface area contributed by atoms with Crippen LogP contribution in [0, 0.1) is 11.6 Å². The van der Waals surface area contributed by atoms with Crippen LogP contribution in [0.3, 0.4) is 0 Å². The van der Waals surface area contributed by atoms with Crippen molar-refractivity contribution in [3.8, 4) is 10.8 Å². The molecule has 3 aromatic rings. The Labute approximate surface area is 159 Å². The minimum Gasteiger partial charge on any atom is -0.444 e. The van der Waals surface area contributed by atoms with Gasteiger partial charge in [0.15, 0.2) is 16.6 Å². The zero-order chi connectivity index (χ0) is 19.2. The molecule has 0 radical (unpaired) electrons. The Kier molecular flexibility index (Phi) is 6.16. The van der Waals surface area contributed by atoms with Crippen LogP contribution in [0.5, 0.6) is 10.8 Å². The molecule has 0 bridgehead atoms. The molecular formula is C20H18F2N2O2S. The number of nitrogens with one attached hydrogen (secondary N) is 1. The molecule has 0 spiro atoms. The summed E-state index contributed by atoms with van der Waals surface area (Å²) in [5.41, 5.74) is 7.00. The van der Waals surface area contributed by atoms with Crippen LogP contribution in [0.15, 0.2) is 54.6 Å². The minimum atomic E-state index is -0.544. The smallest absolute Gasteiger partial charge is 0.258 e. The lowest BCUT2D eigenvalue weighted by Gasteiger charge is -2.08. The summed E-state index contributed by atoms with van der Waals surface area (Å²) < 4.78 is 32.6. The lowest BCUT2D eigenvalue weighted by Crippen LogP contribution is -2.16. The Morgan fingerprint density at radius 3 is 2.44 bits per heavy atom. The second-order valence-corrected chi connectivity index (χ2v) is 6.95. The molecule has 3 N–H and O–H groups in total. The minimum absolute atomic E-state index is 0.0860. The number of carbonyl (C=O) groups is 1. The van der Waals surface area contributed by atoms with E-state index in [1.54, 1.807) is 36.4 Å². The lowest BCUT2D eigenvalue weighted by molar-refractivity contribution is 0.100. The van der Waals surface area contributed by atoms with Gasteiger partial charge in [0.2, 0.25) is 0 Å². The van der Waals surface area contributed by atoms with E-state index < -0.39 is 11.7 Å². The van der Waals surface area contributed by atoms with Crippen LogP contribution in [0.4, 0.5) is 8.78 Å². The monoisotopic (exact) mass is 388 g/mol. The van der Waals surface area contributed by atoms with Crippen molar-refractivity contribution < 1.29 is 18.3 Å². The third-order valence-electron chi connectivity index (χ3n) is 3.86. The van der Waals surface area contributed by atoms with Gasteiger partial charge in [0, 0.05) is 6.54 Å². The van der Waals surface area contributed by atoms with Crippen LogP contribution in [0.1, 0.15) is 20.8 Å². The maximum atomic E-state index is 14.2. The molecule has 3 rings (SSSR count). The van der Waals surface area contributed by atoms with Gasteiger partial charge in [-0.2, -0.15) is 0 Å². The van der Waals surface area contributed by atoms with Crippen LogP contribution in [0.2, 0.25) is 0 Å². The van der Waals surface area contributed by atoms with Crippen molar-refractivity contribution in [1.29, 1.82) is 0 Å². The molecule has 0 unspecified atom stereocenters. The molecule has 4 nitrogen and oxygen atoms in total. The highest BCUT2D eigenvalue weighted by Crippen LogP contribution is 2.31. The van der Waals surface area contributed by atoms with E-state index in [4.69, 9.17) is 10.5 Å². The Balaban J connectivity index is 1.51. The number of rotatable bonds is 8. The van der Waals surface area contributed by atoms with Crippen molar-refractivity contribution in [2.24, 2.45) is 5.73 Å². The van der Waals surface area contributed by atoms with Crippen LogP contribution in [-0.4, -0.2) is 12.5 Å². The lowest BCUT2D eigenvalue weighted by atomic mass is 10.1. The molecule has 0 aliphatic carbocycles. The maximum absolute atomic E-state index is 14.2. The normalized spacial score (nSPS) is 10.7. The predicted octanol–water partition coefficient (Wildman–Crippen LogP) is 4.25. The maximum Gasteiger partial charge on any atom is 0.258 e.